The zero-order valence-electron chi connectivity index (χ0n) is 63.7. The zero-order valence-corrected chi connectivity index (χ0v) is 65.5. The van der Waals surface area contributed by atoms with Crippen molar-refractivity contribution in [2.75, 3.05) is 39.6 Å². The molecule has 0 saturated carbocycles. The standard InChI is InChI=1S/C78H152O17P2/c1-9-71(8)57-49-41-33-25-21-22-28-36-45-53-61-78(83)95-74(65-89-76(81)59-51-43-37-29-32-40-48-56-70(6)7)67-93-97(86,87)91-63-72(79)62-90-96(84,85)92-66-73(94-77(82)60-52-44-35-27-20-16-18-24-31-39-47-55-69(4)5)64-88-75(80)58-50-42-34-26-19-15-13-11-10-12-14-17-23-30-38-46-54-68(2)3/h68-74,79H,9-67H2,1-8H3,(H,84,85)(H,86,87)/t71?,72?,73-,74-/m1/s1. The zero-order chi connectivity index (χ0) is 71.7. The van der Waals surface area contributed by atoms with Crippen LogP contribution in [0.15, 0.2) is 0 Å². The fourth-order valence-corrected chi connectivity index (χ4v) is 13.5. The first kappa shape index (κ1) is 95.1. The van der Waals surface area contributed by atoms with Gasteiger partial charge >= 0.3 is 39.5 Å². The molecule has 3 N–H and O–H groups in total. The Hall–Kier alpha value is -1.94. The SMILES string of the molecule is CCC(C)CCCCCCCCCCCCC(=O)O[C@H](COC(=O)CCCCCCCCCC(C)C)COP(=O)(O)OCC(O)COP(=O)(O)OC[C@@H](COC(=O)CCCCCCCCCCCCCCCCCCC(C)C)OC(=O)CCCCCCCCCCCCCC(C)C. The fraction of sp³-hybridized carbons (Fsp3) is 0.949. The summed E-state index contributed by atoms with van der Waals surface area (Å²) in [4.78, 5) is 72.9. The molecule has 0 rings (SSSR count). The number of unbranched alkanes of at least 4 members (excludes halogenated alkanes) is 40. The molecule has 0 fully saturated rings. The lowest BCUT2D eigenvalue weighted by Crippen LogP contribution is -2.30. The molecule has 0 aromatic carbocycles. The van der Waals surface area contributed by atoms with Gasteiger partial charge < -0.3 is 33.8 Å². The number of carbonyl (C=O) groups is 4. The second kappa shape index (κ2) is 67.2. The quantitative estimate of drug-likeness (QED) is 0.0222. The van der Waals surface area contributed by atoms with E-state index in [0.717, 1.165) is 114 Å². The van der Waals surface area contributed by atoms with Crippen molar-refractivity contribution in [3.8, 4) is 0 Å². The highest BCUT2D eigenvalue weighted by atomic mass is 31.2. The monoisotopic (exact) mass is 1420 g/mol. The van der Waals surface area contributed by atoms with E-state index >= 15 is 0 Å². The Balaban J connectivity index is 5.23. The number of phosphoric ester groups is 2. The van der Waals surface area contributed by atoms with Crippen molar-refractivity contribution in [1.29, 1.82) is 0 Å². The second-order valence-electron chi connectivity index (χ2n) is 29.8. The highest BCUT2D eigenvalue weighted by Gasteiger charge is 2.30. The summed E-state index contributed by atoms with van der Waals surface area (Å²) in [6, 6.07) is 0. The summed E-state index contributed by atoms with van der Waals surface area (Å²) < 4.78 is 68.6. The maximum atomic E-state index is 13.1. The molecule has 17 nitrogen and oxygen atoms in total. The molecule has 0 aliphatic heterocycles. The van der Waals surface area contributed by atoms with Crippen LogP contribution in [0.4, 0.5) is 0 Å². The molecule has 0 amide bonds. The van der Waals surface area contributed by atoms with Crippen LogP contribution in [0.2, 0.25) is 0 Å². The van der Waals surface area contributed by atoms with Gasteiger partial charge in [0.15, 0.2) is 12.2 Å². The number of phosphoric acid groups is 2. The highest BCUT2D eigenvalue weighted by Crippen LogP contribution is 2.45. The molecule has 0 bridgehead atoms. The minimum absolute atomic E-state index is 0.105. The maximum absolute atomic E-state index is 13.1. The average molecular weight is 1420 g/mol. The number of hydrogen-bond acceptors (Lipinski definition) is 15. The lowest BCUT2D eigenvalue weighted by atomic mass is 9.99. The topological polar surface area (TPSA) is 237 Å². The van der Waals surface area contributed by atoms with Crippen molar-refractivity contribution in [3.63, 3.8) is 0 Å². The third-order valence-corrected chi connectivity index (χ3v) is 20.3. The summed E-state index contributed by atoms with van der Waals surface area (Å²) in [5.41, 5.74) is 0. The van der Waals surface area contributed by atoms with Gasteiger partial charge in [0.05, 0.1) is 26.4 Å². The van der Waals surface area contributed by atoms with E-state index in [4.69, 9.17) is 37.0 Å². The molecule has 6 atom stereocenters. The molecule has 0 aliphatic rings. The first-order valence-electron chi connectivity index (χ1n) is 40.2. The molecule has 19 heteroatoms. The predicted molar refractivity (Wildman–Crippen MR) is 395 cm³/mol. The third kappa shape index (κ3) is 70.9. The number of esters is 4. The van der Waals surface area contributed by atoms with Crippen molar-refractivity contribution in [2.45, 2.75) is 414 Å². The van der Waals surface area contributed by atoms with Crippen molar-refractivity contribution in [1.82, 2.24) is 0 Å². The van der Waals surface area contributed by atoms with Gasteiger partial charge in [0, 0.05) is 25.7 Å². The molecule has 0 aliphatic carbocycles. The van der Waals surface area contributed by atoms with E-state index in [1.54, 1.807) is 0 Å². The van der Waals surface area contributed by atoms with Crippen LogP contribution in [0.1, 0.15) is 396 Å². The summed E-state index contributed by atoms with van der Waals surface area (Å²) in [6.07, 6.45) is 52.7. The molecular weight excluding hydrogens is 1270 g/mol. The molecule has 0 spiro atoms. The molecule has 576 valence electrons. The van der Waals surface area contributed by atoms with Crippen molar-refractivity contribution in [2.24, 2.45) is 23.7 Å². The maximum Gasteiger partial charge on any atom is 0.472 e. The van der Waals surface area contributed by atoms with Gasteiger partial charge in [-0.1, -0.05) is 344 Å². The number of aliphatic hydroxyl groups is 1. The Morgan fingerprint density at radius 2 is 0.495 bits per heavy atom. The fourth-order valence-electron chi connectivity index (χ4n) is 11.9. The van der Waals surface area contributed by atoms with Crippen LogP contribution in [0.25, 0.3) is 0 Å². The Morgan fingerprint density at radius 3 is 0.732 bits per heavy atom. The van der Waals surface area contributed by atoms with Gasteiger partial charge in [-0.05, 0) is 49.4 Å². The summed E-state index contributed by atoms with van der Waals surface area (Å²) in [6.45, 7) is 14.2. The molecule has 0 aromatic rings. The third-order valence-electron chi connectivity index (χ3n) is 18.4. The predicted octanol–water partition coefficient (Wildman–Crippen LogP) is 22.8. The average Bonchev–Trinajstić information content (AvgIpc) is 1.69. The van der Waals surface area contributed by atoms with Crippen molar-refractivity contribution < 1.29 is 80.2 Å². The Bertz CT molecular complexity index is 1900. The molecule has 4 unspecified atom stereocenters. The van der Waals surface area contributed by atoms with E-state index in [1.807, 2.05) is 0 Å². The van der Waals surface area contributed by atoms with Crippen LogP contribution in [0.3, 0.4) is 0 Å². The van der Waals surface area contributed by atoms with Gasteiger partial charge in [0.25, 0.3) is 0 Å². The normalized spacial score (nSPS) is 14.4. The van der Waals surface area contributed by atoms with E-state index in [2.05, 4.69) is 55.4 Å². The van der Waals surface area contributed by atoms with Crippen LogP contribution in [0, 0.1) is 23.7 Å². The summed E-state index contributed by atoms with van der Waals surface area (Å²) in [5, 5.41) is 10.6. The van der Waals surface area contributed by atoms with E-state index in [1.165, 1.54) is 193 Å². The Morgan fingerprint density at radius 1 is 0.289 bits per heavy atom. The first-order valence-corrected chi connectivity index (χ1v) is 43.2. The molecule has 0 aromatic heterocycles. The van der Waals surface area contributed by atoms with Gasteiger partial charge in [-0.3, -0.25) is 37.3 Å². The number of carbonyl (C=O) groups excluding carboxylic acids is 4. The van der Waals surface area contributed by atoms with E-state index in [0.29, 0.717) is 31.6 Å². The smallest absolute Gasteiger partial charge is 0.462 e. The number of ether oxygens (including phenoxy) is 4. The van der Waals surface area contributed by atoms with Crippen LogP contribution < -0.4 is 0 Å². The Kier molecular flexibility index (Phi) is 65.9. The lowest BCUT2D eigenvalue weighted by Gasteiger charge is -2.21. The van der Waals surface area contributed by atoms with Crippen LogP contribution >= 0.6 is 15.6 Å². The lowest BCUT2D eigenvalue weighted by molar-refractivity contribution is -0.161. The number of aliphatic hydroxyl groups excluding tert-OH is 1. The summed E-state index contributed by atoms with van der Waals surface area (Å²) >= 11 is 0. The Labute approximate surface area is 594 Å². The summed E-state index contributed by atoms with van der Waals surface area (Å²) in [5.74, 6) is 0.967. The van der Waals surface area contributed by atoms with E-state index < -0.39 is 97.5 Å². The van der Waals surface area contributed by atoms with Gasteiger partial charge in [-0.2, -0.15) is 0 Å². The number of hydrogen-bond donors (Lipinski definition) is 3. The first-order chi connectivity index (χ1) is 46.6. The molecular formula is C78H152O17P2. The van der Waals surface area contributed by atoms with Crippen LogP contribution in [-0.4, -0.2) is 96.7 Å². The highest BCUT2D eigenvalue weighted by molar-refractivity contribution is 7.47. The van der Waals surface area contributed by atoms with Gasteiger partial charge in [-0.25, -0.2) is 9.13 Å². The van der Waals surface area contributed by atoms with Gasteiger partial charge in [0.2, 0.25) is 0 Å². The van der Waals surface area contributed by atoms with E-state index in [9.17, 15) is 43.2 Å². The van der Waals surface area contributed by atoms with Crippen LogP contribution in [0.5, 0.6) is 0 Å². The van der Waals surface area contributed by atoms with Gasteiger partial charge in [0.1, 0.15) is 19.3 Å². The number of rotatable bonds is 75. The van der Waals surface area contributed by atoms with Crippen LogP contribution in [-0.2, 0) is 65.4 Å². The molecule has 0 heterocycles. The molecule has 0 saturated heterocycles. The second-order valence-corrected chi connectivity index (χ2v) is 32.7. The largest absolute Gasteiger partial charge is 0.472 e. The van der Waals surface area contributed by atoms with Crippen molar-refractivity contribution >= 4 is 39.5 Å². The minimum Gasteiger partial charge on any atom is -0.462 e. The van der Waals surface area contributed by atoms with E-state index in [-0.39, 0.29) is 25.7 Å². The summed E-state index contributed by atoms with van der Waals surface area (Å²) in [7, 11) is -9.92. The van der Waals surface area contributed by atoms with Crippen molar-refractivity contribution in [3.05, 3.63) is 0 Å². The molecule has 97 heavy (non-hydrogen) atoms. The molecule has 0 radical (unpaired) electrons. The van der Waals surface area contributed by atoms with Gasteiger partial charge in [-0.15, -0.1) is 0 Å². The minimum atomic E-state index is -4.96.